The number of carbonyl (C=O) groups is 1. The maximum absolute atomic E-state index is 11.3. The third-order valence-corrected chi connectivity index (χ3v) is 3.61. The van der Waals surface area contributed by atoms with Gasteiger partial charge in [0.05, 0.1) is 0 Å². The Hall–Kier alpha value is -0.610. The van der Waals surface area contributed by atoms with Crippen LogP contribution in [0.5, 0.6) is 0 Å². The van der Waals surface area contributed by atoms with E-state index in [1.807, 2.05) is 0 Å². The fraction of sp³-hybridized carbons (Fsp3) is 0.933. The highest BCUT2D eigenvalue weighted by atomic mass is 16.5. The first-order valence-electron chi connectivity index (χ1n) is 7.53. The molecule has 19 heavy (non-hydrogen) atoms. The lowest BCUT2D eigenvalue weighted by Crippen LogP contribution is -2.50. The molecule has 1 saturated carbocycles. The molecule has 0 aromatic heterocycles. The summed E-state index contributed by atoms with van der Waals surface area (Å²) in [5.74, 6) is -0.0270. The number of nitrogens with one attached hydrogen (secondary N) is 1. The summed E-state index contributed by atoms with van der Waals surface area (Å²) in [6.07, 6.45) is 5.92. The van der Waals surface area contributed by atoms with Crippen molar-refractivity contribution in [2.24, 2.45) is 5.92 Å². The topological polar surface area (TPSA) is 58.6 Å². The number of aliphatic carboxylic acids is 1. The minimum absolute atomic E-state index is 0.410. The van der Waals surface area contributed by atoms with Gasteiger partial charge in [0.25, 0.3) is 0 Å². The first kappa shape index (κ1) is 16.4. The van der Waals surface area contributed by atoms with Crippen LogP contribution in [0.1, 0.15) is 59.3 Å². The van der Waals surface area contributed by atoms with E-state index < -0.39 is 11.5 Å². The van der Waals surface area contributed by atoms with Crippen LogP contribution in [-0.4, -0.2) is 35.9 Å². The van der Waals surface area contributed by atoms with Crippen LogP contribution in [-0.2, 0) is 9.53 Å². The number of ether oxygens (including phenoxy) is 1. The molecule has 0 radical (unpaired) electrons. The van der Waals surface area contributed by atoms with Gasteiger partial charge >= 0.3 is 5.97 Å². The van der Waals surface area contributed by atoms with Crippen LogP contribution in [0.3, 0.4) is 0 Å². The lowest BCUT2D eigenvalue weighted by atomic mass is 9.96. The zero-order valence-corrected chi connectivity index (χ0v) is 12.6. The van der Waals surface area contributed by atoms with Crippen molar-refractivity contribution in [2.75, 3.05) is 13.2 Å². The van der Waals surface area contributed by atoms with Gasteiger partial charge in [-0.3, -0.25) is 10.1 Å². The minimum Gasteiger partial charge on any atom is -0.480 e. The summed E-state index contributed by atoms with van der Waals surface area (Å²) in [5, 5.41) is 12.5. The van der Waals surface area contributed by atoms with E-state index in [-0.39, 0.29) is 0 Å². The highest BCUT2D eigenvalue weighted by Crippen LogP contribution is 2.25. The molecule has 0 aromatic carbocycles. The first-order chi connectivity index (χ1) is 8.94. The van der Waals surface area contributed by atoms with Crippen molar-refractivity contribution in [3.63, 3.8) is 0 Å². The standard InChI is InChI=1S/C15H29NO3/c1-12(2)6-4-10-19-11-5-9-15(3,14(17)18)16-13-7-8-13/h12-13,16H,4-11H2,1-3H3,(H,17,18). The Kier molecular flexibility index (Phi) is 6.80. The molecule has 0 bridgehead atoms. The second-order valence-corrected chi connectivity index (χ2v) is 6.31. The zero-order chi connectivity index (χ0) is 14.3. The molecule has 0 heterocycles. The highest BCUT2D eigenvalue weighted by Gasteiger charge is 2.37. The third kappa shape index (κ3) is 6.92. The smallest absolute Gasteiger partial charge is 0.323 e. The third-order valence-electron chi connectivity index (χ3n) is 3.61. The van der Waals surface area contributed by atoms with Crippen molar-refractivity contribution in [1.29, 1.82) is 0 Å². The van der Waals surface area contributed by atoms with Gasteiger partial charge in [0.1, 0.15) is 5.54 Å². The lowest BCUT2D eigenvalue weighted by Gasteiger charge is -2.26. The quantitative estimate of drug-likeness (QED) is 0.567. The monoisotopic (exact) mass is 271 g/mol. The van der Waals surface area contributed by atoms with Crippen molar-refractivity contribution >= 4 is 5.97 Å². The van der Waals surface area contributed by atoms with E-state index >= 15 is 0 Å². The van der Waals surface area contributed by atoms with Crippen molar-refractivity contribution in [1.82, 2.24) is 5.32 Å². The van der Waals surface area contributed by atoms with E-state index in [4.69, 9.17) is 4.74 Å². The maximum atomic E-state index is 11.3. The summed E-state index contributed by atoms with van der Waals surface area (Å²) in [7, 11) is 0. The summed E-state index contributed by atoms with van der Waals surface area (Å²) in [6.45, 7) is 7.65. The van der Waals surface area contributed by atoms with Crippen LogP contribution in [0.2, 0.25) is 0 Å². The van der Waals surface area contributed by atoms with Crippen LogP contribution in [0, 0.1) is 5.92 Å². The molecule has 0 saturated heterocycles. The number of hydrogen-bond acceptors (Lipinski definition) is 3. The van der Waals surface area contributed by atoms with Crippen molar-refractivity contribution < 1.29 is 14.6 Å². The molecule has 4 nitrogen and oxygen atoms in total. The first-order valence-corrected chi connectivity index (χ1v) is 7.53. The van der Waals surface area contributed by atoms with E-state index in [2.05, 4.69) is 19.2 Å². The molecule has 4 heteroatoms. The summed E-state index contributed by atoms with van der Waals surface area (Å²) < 4.78 is 5.56. The molecule has 0 amide bonds. The van der Waals surface area contributed by atoms with Crippen LogP contribution in [0.15, 0.2) is 0 Å². The van der Waals surface area contributed by atoms with Crippen LogP contribution >= 0.6 is 0 Å². The highest BCUT2D eigenvalue weighted by molar-refractivity contribution is 5.78. The Balaban J connectivity index is 2.09. The molecule has 1 aliphatic carbocycles. The van der Waals surface area contributed by atoms with Gasteiger partial charge in [-0.25, -0.2) is 0 Å². The van der Waals surface area contributed by atoms with E-state index in [9.17, 15) is 9.90 Å². The number of rotatable bonds is 11. The Morgan fingerprint density at radius 2 is 2.00 bits per heavy atom. The van der Waals surface area contributed by atoms with Gasteiger partial charge in [-0.2, -0.15) is 0 Å². The summed E-state index contributed by atoms with van der Waals surface area (Å²) >= 11 is 0. The van der Waals surface area contributed by atoms with Gasteiger partial charge in [0.2, 0.25) is 0 Å². The Morgan fingerprint density at radius 1 is 1.37 bits per heavy atom. The predicted molar refractivity (Wildman–Crippen MR) is 76.3 cm³/mol. The van der Waals surface area contributed by atoms with Gasteiger partial charge in [-0.1, -0.05) is 13.8 Å². The van der Waals surface area contributed by atoms with E-state index in [0.717, 1.165) is 38.2 Å². The second kappa shape index (κ2) is 7.85. The van der Waals surface area contributed by atoms with Crippen molar-refractivity contribution in [3.8, 4) is 0 Å². The number of carboxylic acids is 1. The molecular formula is C15H29NO3. The molecule has 2 N–H and O–H groups in total. The SMILES string of the molecule is CC(C)CCCOCCCC(C)(NC1CC1)C(=O)O. The molecule has 1 fully saturated rings. The molecule has 0 spiro atoms. The number of carboxylic acid groups (broad SMARTS) is 1. The summed E-state index contributed by atoms with van der Waals surface area (Å²) in [6, 6.07) is 0.410. The second-order valence-electron chi connectivity index (χ2n) is 6.31. The molecule has 1 aliphatic rings. The predicted octanol–water partition coefficient (Wildman–Crippen LogP) is 2.81. The average Bonchev–Trinajstić information content (AvgIpc) is 3.11. The van der Waals surface area contributed by atoms with Gasteiger partial charge in [-0.05, 0) is 51.4 Å². The molecular weight excluding hydrogens is 242 g/mol. The average molecular weight is 271 g/mol. The Bertz CT molecular complexity index is 277. The zero-order valence-electron chi connectivity index (χ0n) is 12.6. The lowest BCUT2D eigenvalue weighted by molar-refractivity contribution is -0.144. The normalized spacial score (nSPS) is 18.5. The van der Waals surface area contributed by atoms with E-state index in [1.54, 1.807) is 6.92 Å². The van der Waals surface area contributed by atoms with Gasteiger partial charge < -0.3 is 9.84 Å². The Labute approximate surface area is 116 Å². The summed E-state index contributed by atoms with van der Waals surface area (Å²) in [5.41, 5.74) is -0.789. The van der Waals surface area contributed by atoms with Crippen molar-refractivity contribution in [3.05, 3.63) is 0 Å². The Morgan fingerprint density at radius 3 is 2.53 bits per heavy atom. The molecule has 1 unspecified atom stereocenters. The van der Waals surface area contributed by atoms with Crippen LogP contribution < -0.4 is 5.32 Å². The molecule has 1 rings (SSSR count). The largest absolute Gasteiger partial charge is 0.480 e. The van der Waals surface area contributed by atoms with Crippen LogP contribution in [0.4, 0.5) is 0 Å². The molecule has 1 atom stereocenters. The summed E-state index contributed by atoms with van der Waals surface area (Å²) in [4.78, 5) is 11.3. The van der Waals surface area contributed by atoms with Gasteiger partial charge in [0, 0.05) is 19.3 Å². The maximum Gasteiger partial charge on any atom is 0.323 e. The molecule has 0 aromatic rings. The van der Waals surface area contributed by atoms with E-state index in [0.29, 0.717) is 19.1 Å². The van der Waals surface area contributed by atoms with E-state index in [1.165, 1.54) is 6.42 Å². The minimum atomic E-state index is -0.789. The molecule has 0 aliphatic heterocycles. The molecule has 112 valence electrons. The van der Waals surface area contributed by atoms with Crippen LogP contribution in [0.25, 0.3) is 0 Å². The fourth-order valence-electron chi connectivity index (χ4n) is 2.14. The fourth-order valence-corrected chi connectivity index (χ4v) is 2.14. The van der Waals surface area contributed by atoms with Crippen molar-refractivity contribution in [2.45, 2.75) is 70.9 Å². The van der Waals surface area contributed by atoms with Gasteiger partial charge in [0.15, 0.2) is 0 Å². The van der Waals surface area contributed by atoms with Gasteiger partial charge in [-0.15, -0.1) is 0 Å². The number of hydrogen-bond donors (Lipinski definition) is 2.